The minimum atomic E-state index is -0.0268. The van der Waals surface area contributed by atoms with Gasteiger partial charge in [0.05, 0.1) is 7.11 Å². The molecular formula is C16H24N2O2. The van der Waals surface area contributed by atoms with Crippen LogP contribution in [-0.4, -0.2) is 32.7 Å². The molecule has 1 aromatic rings. The van der Waals surface area contributed by atoms with E-state index in [9.17, 15) is 4.79 Å². The van der Waals surface area contributed by atoms with Gasteiger partial charge in [-0.25, -0.2) is 0 Å². The molecule has 1 aliphatic rings. The van der Waals surface area contributed by atoms with Crippen LogP contribution in [0.15, 0.2) is 18.2 Å². The molecule has 1 amide bonds. The number of hydrogen-bond donors (Lipinski definition) is 2. The second-order valence-electron chi connectivity index (χ2n) is 5.62. The molecular weight excluding hydrogens is 252 g/mol. The van der Waals surface area contributed by atoms with E-state index in [1.807, 2.05) is 19.1 Å². The molecule has 0 radical (unpaired) electrons. The van der Waals surface area contributed by atoms with Gasteiger partial charge in [0.2, 0.25) is 0 Å². The zero-order valence-electron chi connectivity index (χ0n) is 12.5. The third-order valence-corrected chi connectivity index (χ3v) is 4.18. The van der Waals surface area contributed by atoms with Crippen molar-refractivity contribution >= 4 is 5.91 Å². The van der Waals surface area contributed by atoms with Crippen molar-refractivity contribution in [2.24, 2.45) is 11.8 Å². The van der Waals surface area contributed by atoms with Gasteiger partial charge in [0.15, 0.2) is 0 Å². The lowest BCUT2D eigenvalue weighted by molar-refractivity contribution is 0.0938. The molecule has 20 heavy (non-hydrogen) atoms. The molecule has 110 valence electrons. The second-order valence-corrected chi connectivity index (χ2v) is 5.62. The molecule has 1 heterocycles. The fourth-order valence-electron chi connectivity index (χ4n) is 2.61. The smallest absolute Gasteiger partial charge is 0.251 e. The van der Waals surface area contributed by atoms with E-state index in [0.717, 1.165) is 30.9 Å². The molecule has 1 fully saturated rings. The van der Waals surface area contributed by atoms with Crippen molar-refractivity contribution in [1.29, 1.82) is 0 Å². The van der Waals surface area contributed by atoms with Crippen LogP contribution in [0.3, 0.4) is 0 Å². The van der Waals surface area contributed by atoms with E-state index in [1.54, 1.807) is 13.2 Å². The number of amides is 1. The minimum Gasteiger partial charge on any atom is -0.496 e. The van der Waals surface area contributed by atoms with Crippen molar-refractivity contribution in [3.05, 3.63) is 29.3 Å². The summed E-state index contributed by atoms with van der Waals surface area (Å²) in [6.07, 6.45) is 1.18. The number of ether oxygens (including phenoxy) is 1. The Morgan fingerprint density at radius 2 is 2.30 bits per heavy atom. The van der Waals surface area contributed by atoms with E-state index in [-0.39, 0.29) is 5.91 Å². The molecule has 4 nitrogen and oxygen atoms in total. The SMILES string of the molecule is COc1cc(C(=O)NCC2CNCCC2C)ccc1C. The maximum atomic E-state index is 12.2. The molecule has 0 bridgehead atoms. The standard InChI is InChI=1S/C16H24N2O2/c1-11-6-7-17-9-14(11)10-18-16(19)13-5-4-12(2)15(8-13)20-3/h4-5,8,11,14,17H,6-7,9-10H2,1-3H3,(H,18,19). The van der Waals surface area contributed by atoms with Gasteiger partial charge in [-0.15, -0.1) is 0 Å². The predicted octanol–water partition coefficient (Wildman–Crippen LogP) is 1.98. The Hall–Kier alpha value is -1.55. The van der Waals surface area contributed by atoms with Crippen LogP contribution in [0.5, 0.6) is 5.75 Å². The lowest BCUT2D eigenvalue weighted by Crippen LogP contribution is -2.42. The molecule has 0 spiro atoms. The summed E-state index contributed by atoms with van der Waals surface area (Å²) >= 11 is 0. The van der Waals surface area contributed by atoms with Gasteiger partial charge in [-0.1, -0.05) is 13.0 Å². The van der Waals surface area contributed by atoms with Crippen LogP contribution in [0, 0.1) is 18.8 Å². The number of aryl methyl sites for hydroxylation is 1. The van der Waals surface area contributed by atoms with Gasteiger partial charge in [0.1, 0.15) is 5.75 Å². The van der Waals surface area contributed by atoms with Crippen LogP contribution in [0.1, 0.15) is 29.3 Å². The molecule has 1 aromatic carbocycles. The van der Waals surface area contributed by atoms with Crippen LogP contribution < -0.4 is 15.4 Å². The molecule has 2 rings (SSSR count). The summed E-state index contributed by atoms with van der Waals surface area (Å²) in [4.78, 5) is 12.2. The highest BCUT2D eigenvalue weighted by molar-refractivity contribution is 5.94. The van der Waals surface area contributed by atoms with Crippen LogP contribution in [0.4, 0.5) is 0 Å². The van der Waals surface area contributed by atoms with Crippen LogP contribution in [-0.2, 0) is 0 Å². The number of rotatable bonds is 4. The van der Waals surface area contributed by atoms with Gasteiger partial charge < -0.3 is 15.4 Å². The summed E-state index contributed by atoms with van der Waals surface area (Å²) in [5, 5.41) is 6.42. The second kappa shape index (κ2) is 6.75. The van der Waals surface area contributed by atoms with Gasteiger partial charge in [-0.05, 0) is 56.0 Å². The highest BCUT2D eigenvalue weighted by atomic mass is 16.5. The van der Waals surface area contributed by atoms with Crippen molar-refractivity contribution in [3.8, 4) is 5.75 Å². The van der Waals surface area contributed by atoms with E-state index in [4.69, 9.17) is 4.74 Å². The molecule has 0 saturated carbocycles. The number of benzene rings is 1. The van der Waals surface area contributed by atoms with Crippen LogP contribution in [0.2, 0.25) is 0 Å². The summed E-state index contributed by atoms with van der Waals surface area (Å²) in [7, 11) is 1.62. The van der Waals surface area contributed by atoms with Gasteiger partial charge >= 0.3 is 0 Å². The Balaban J connectivity index is 1.94. The Kier molecular flexibility index (Phi) is 5.01. The van der Waals surface area contributed by atoms with Crippen LogP contribution in [0.25, 0.3) is 0 Å². The zero-order chi connectivity index (χ0) is 14.5. The van der Waals surface area contributed by atoms with E-state index in [1.165, 1.54) is 6.42 Å². The molecule has 2 N–H and O–H groups in total. The molecule has 1 aliphatic heterocycles. The van der Waals surface area contributed by atoms with Crippen molar-refractivity contribution in [1.82, 2.24) is 10.6 Å². The van der Waals surface area contributed by atoms with E-state index in [2.05, 4.69) is 17.6 Å². The number of methoxy groups -OCH3 is 1. The average Bonchev–Trinajstić information content (AvgIpc) is 2.46. The fraction of sp³-hybridized carbons (Fsp3) is 0.562. The van der Waals surface area contributed by atoms with E-state index >= 15 is 0 Å². The number of carbonyl (C=O) groups is 1. The summed E-state index contributed by atoms with van der Waals surface area (Å²) in [5.74, 6) is 1.90. The van der Waals surface area contributed by atoms with Gasteiger partial charge in [0, 0.05) is 12.1 Å². The molecule has 2 unspecified atom stereocenters. The summed E-state index contributed by atoms with van der Waals surface area (Å²) in [6.45, 7) is 7.02. The van der Waals surface area contributed by atoms with Crippen molar-refractivity contribution in [2.45, 2.75) is 20.3 Å². The van der Waals surface area contributed by atoms with Gasteiger partial charge in [-0.2, -0.15) is 0 Å². The predicted molar refractivity (Wildman–Crippen MR) is 80.2 cm³/mol. The van der Waals surface area contributed by atoms with Crippen molar-refractivity contribution in [3.63, 3.8) is 0 Å². The first-order valence-electron chi connectivity index (χ1n) is 7.25. The quantitative estimate of drug-likeness (QED) is 0.884. The lowest BCUT2D eigenvalue weighted by atomic mass is 9.88. The maximum absolute atomic E-state index is 12.2. The van der Waals surface area contributed by atoms with Crippen LogP contribution >= 0.6 is 0 Å². The Morgan fingerprint density at radius 1 is 1.50 bits per heavy atom. The monoisotopic (exact) mass is 276 g/mol. The highest BCUT2D eigenvalue weighted by Crippen LogP contribution is 2.20. The first kappa shape index (κ1) is 14.9. The summed E-state index contributed by atoms with van der Waals surface area (Å²) in [6, 6.07) is 5.56. The molecule has 2 atom stereocenters. The van der Waals surface area contributed by atoms with E-state index in [0.29, 0.717) is 17.4 Å². The highest BCUT2D eigenvalue weighted by Gasteiger charge is 2.21. The zero-order valence-corrected chi connectivity index (χ0v) is 12.5. The van der Waals surface area contributed by atoms with Gasteiger partial charge in [0.25, 0.3) is 5.91 Å². The molecule has 0 aromatic heterocycles. The summed E-state index contributed by atoms with van der Waals surface area (Å²) in [5.41, 5.74) is 1.69. The summed E-state index contributed by atoms with van der Waals surface area (Å²) < 4.78 is 5.26. The number of carbonyl (C=O) groups excluding carboxylic acids is 1. The molecule has 1 saturated heterocycles. The normalized spacial score (nSPS) is 22.4. The average molecular weight is 276 g/mol. The van der Waals surface area contributed by atoms with Gasteiger partial charge in [-0.3, -0.25) is 4.79 Å². The first-order valence-corrected chi connectivity index (χ1v) is 7.25. The first-order chi connectivity index (χ1) is 9.61. The van der Waals surface area contributed by atoms with Crippen molar-refractivity contribution in [2.75, 3.05) is 26.7 Å². The number of hydrogen-bond acceptors (Lipinski definition) is 3. The Bertz CT molecular complexity index is 474. The Morgan fingerprint density at radius 3 is 3.00 bits per heavy atom. The molecule has 4 heteroatoms. The third-order valence-electron chi connectivity index (χ3n) is 4.18. The van der Waals surface area contributed by atoms with E-state index < -0.39 is 0 Å². The largest absolute Gasteiger partial charge is 0.496 e. The minimum absolute atomic E-state index is 0.0268. The number of nitrogens with one attached hydrogen (secondary N) is 2. The van der Waals surface area contributed by atoms with Crippen molar-refractivity contribution < 1.29 is 9.53 Å². The number of piperidine rings is 1. The fourth-order valence-corrected chi connectivity index (χ4v) is 2.61. The lowest BCUT2D eigenvalue weighted by Gasteiger charge is -2.29. The maximum Gasteiger partial charge on any atom is 0.251 e. The molecule has 0 aliphatic carbocycles. The Labute approximate surface area is 120 Å². The topological polar surface area (TPSA) is 50.4 Å². The third kappa shape index (κ3) is 3.51.